The first kappa shape index (κ1) is 23.0. The molecule has 0 aliphatic heterocycles. The van der Waals surface area contributed by atoms with E-state index in [0.29, 0.717) is 11.6 Å². The highest BCUT2D eigenvalue weighted by molar-refractivity contribution is 6.90. The molecule has 0 rings (SSSR count). The van der Waals surface area contributed by atoms with Crippen LogP contribution in [0.25, 0.3) is 0 Å². The Kier molecular flexibility index (Phi) is 7.88. The van der Waals surface area contributed by atoms with Crippen molar-refractivity contribution >= 4 is 39.7 Å². The van der Waals surface area contributed by atoms with E-state index < -0.39 is 33.8 Å². The number of hydrogen-bond acceptors (Lipinski definition) is 4. The van der Waals surface area contributed by atoms with E-state index in [9.17, 15) is 4.79 Å². The number of hydrogen-bond donors (Lipinski definition) is 1. The molecule has 1 N–H and O–H groups in total. The molecule has 0 fully saturated rings. The van der Waals surface area contributed by atoms with Crippen LogP contribution in [0.3, 0.4) is 0 Å². The van der Waals surface area contributed by atoms with Gasteiger partial charge in [0.2, 0.25) is 5.91 Å². The summed E-state index contributed by atoms with van der Waals surface area (Å²) in [4.78, 5) is 12.0. The summed E-state index contributed by atoms with van der Waals surface area (Å²) >= 11 is 0. The van der Waals surface area contributed by atoms with Gasteiger partial charge in [0.25, 0.3) is 0 Å². The quantitative estimate of drug-likeness (QED) is 0.478. The lowest BCUT2D eigenvalue weighted by Crippen LogP contribution is -2.60. The smallest absolute Gasteiger partial charge is 0.417 e. The number of rotatable bonds is 9. The van der Waals surface area contributed by atoms with E-state index in [1.54, 1.807) is 7.05 Å². The van der Waals surface area contributed by atoms with E-state index in [1.807, 2.05) is 0 Å². The summed E-state index contributed by atoms with van der Waals surface area (Å²) < 4.78 is 19.5. The molecule has 23 heavy (non-hydrogen) atoms. The van der Waals surface area contributed by atoms with Crippen molar-refractivity contribution in [3.05, 3.63) is 12.2 Å². The average Bonchev–Trinajstić information content (AvgIpc) is 2.19. The molecular weight excluding hydrogens is 359 g/mol. The molecule has 0 aromatic rings. The third-order valence-corrected chi connectivity index (χ3v) is 14.3. The van der Waals surface area contributed by atoms with Gasteiger partial charge in [-0.05, 0) is 58.9 Å². The summed E-state index contributed by atoms with van der Waals surface area (Å²) in [5.74, 6) is -0.181. The predicted octanol–water partition coefficient (Wildman–Crippen LogP) is 3.78. The third-order valence-electron chi connectivity index (χ3n) is 2.36. The first-order valence-electron chi connectivity index (χ1n) is 7.99. The van der Waals surface area contributed by atoms with Crippen molar-refractivity contribution in [3.63, 3.8) is 0 Å². The first-order chi connectivity index (χ1) is 9.99. The normalized spacial score (nSPS) is 13.8. The van der Waals surface area contributed by atoms with Gasteiger partial charge in [0.1, 0.15) is 0 Å². The highest BCUT2D eigenvalue weighted by atomic mass is 28.5. The second-order valence-electron chi connectivity index (χ2n) is 8.69. The summed E-state index contributed by atoms with van der Waals surface area (Å²) in [7, 11) is -7.17. The largest absolute Gasteiger partial charge is 0.474 e. The molecule has 136 valence electrons. The minimum absolute atomic E-state index is 0.181. The van der Waals surface area contributed by atoms with Crippen LogP contribution in [0.15, 0.2) is 12.2 Å². The molecule has 0 aromatic carbocycles. The SMILES string of the molecule is C=C(C[Si](O[Si](C)(C)C)(O[Si](C)(C)C)O[Si](C)(C)C)C(=O)NC. The second kappa shape index (κ2) is 7.89. The number of carbonyl (C=O) groups excluding carboxylic acids is 1. The summed E-state index contributed by atoms with van der Waals surface area (Å²) in [5.41, 5.74) is 0.467. The Bertz CT molecular complexity index is 395. The number of nitrogens with one attached hydrogen (secondary N) is 1. The van der Waals surface area contributed by atoms with Crippen molar-refractivity contribution in [1.29, 1.82) is 0 Å². The average molecular weight is 394 g/mol. The van der Waals surface area contributed by atoms with Gasteiger partial charge in [-0.25, -0.2) is 0 Å². The Morgan fingerprint density at radius 1 is 0.826 bits per heavy atom. The fraction of sp³-hybridized carbons (Fsp3) is 0.786. The minimum atomic E-state index is -3.02. The molecule has 0 radical (unpaired) electrons. The Hall–Kier alpha value is -0.0425. The molecule has 0 unspecified atom stereocenters. The molecule has 0 saturated heterocycles. The van der Waals surface area contributed by atoms with E-state index in [1.165, 1.54) is 0 Å². The molecule has 0 aromatic heterocycles. The molecule has 5 nitrogen and oxygen atoms in total. The van der Waals surface area contributed by atoms with E-state index >= 15 is 0 Å². The standard InChI is InChI=1S/C14H35NO4Si4/c1-13(14(16)15-2)12-23(17-20(3,4)5,18-21(6,7)8)19-22(9,10)11/h1,12H2,2-11H3,(H,15,16). The lowest BCUT2D eigenvalue weighted by molar-refractivity contribution is -0.117. The molecule has 0 heterocycles. The van der Waals surface area contributed by atoms with Crippen LogP contribution < -0.4 is 5.32 Å². The Morgan fingerprint density at radius 2 is 1.13 bits per heavy atom. The van der Waals surface area contributed by atoms with Crippen molar-refractivity contribution in [2.75, 3.05) is 7.05 Å². The Balaban J connectivity index is 5.81. The zero-order chi connectivity index (χ0) is 18.7. The van der Waals surface area contributed by atoms with Crippen LogP contribution in [-0.2, 0) is 17.1 Å². The van der Waals surface area contributed by atoms with Gasteiger partial charge in [0, 0.05) is 18.7 Å². The molecule has 9 heteroatoms. The van der Waals surface area contributed by atoms with Crippen molar-refractivity contribution in [1.82, 2.24) is 5.32 Å². The fourth-order valence-corrected chi connectivity index (χ4v) is 16.5. The molecule has 0 aliphatic carbocycles. The van der Waals surface area contributed by atoms with E-state index in [2.05, 4.69) is 70.8 Å². The van der Waals surface area contributed by atoms with E-state index in [0.717, 1.165) is 0 Å². The monoisotopic (exact) mass is 393 g/mol. The maximum atomic E-state index is 12.0. The predicted molar refractivity (Wildman–Crippen MR) is 107 cm³/mol. The first-order valence-corrected chi connectivity index (χ1v) is 20.1. The zero-order valence-corrected chi connectivity index (χ0v) is 20.5. The van der Waals surface area contributed by atoms with E-state index in [4.69, 9.17) is 12.3 Å². The lowest BCUT2D eigenvalue weighted by Gasteiger charge is -2.43. The maximum Gasteiger partial charge on any atom is 0.474 e. The molecule has 0 spiro atoms. The number of likely N-dealkylation sites (N-methyl/N-ethyl adjacent to an activating group) is 1. The summed E-state index contributed by atoms with van der Waals surface area (Å²) in [6, 6.07) is 0.353. The summed E-state index contributed by atoms with van der Waals surface area (Å²) in [5, 5.41) is 2.63. The summed E-state index contributed by atoms with van der Waals surface area (Å²) in [6.07, 6.45) is 0. The number of amides is 1. The van der Waals surface area contributed by atoms with Gasteiger partial charge in [0.15, 0.2) is 25.0 Å². The van der Waals surface area contributed by atoms with E-state index in [-0.39, 0.29) is 5.91 Å². The van der Waals surface area contributed by atoms with Crippen LogP contribution in [0.5, 0.6) is 0 Å². The lowest BCUT2D eigenvalue weighted by atomic mass is 10.3. The number of carbonyl (C=O) groups is 1. The summed E-state index contributed by atoms with van der Waals surface area (Å²) in [6.45, 7) is 23.0. The highest BCUT2D eigenvalue weighted by Gasteiger charge is 2.50. The van der Waals surface area contributed by atoms with Gasteiger partial charge in [-0.3, -0.25) is 4.79 Å². The topological polar surface area (TPSA) is 56.8 Å². The molecule has 0 atom stereocenters. The minimum Gasteiger partial charge on any atom is -0.417 e. The van der Waals surface area contributed by atoms with Crippen LogP contribution in [-0.4, -0.2) is 46.7 Å². The van der Waals surface area contributed by atoms with Gasteiger partial charge in [0.05, 0.1) is 0 Å². The Morgan fingerprint density at radius 3 is 1.35 bits per heavy atom. The van der Waals surface area contributed by atoms with Gasteiger partial charge in [-0.15, -0.1) is 0 Å². The molecule has 0 aliphatic rings. The molecule has 0 saturated carbocycles. The van der Waals surface area contributed by atoms with Crippen LogP contribution in [0.2, 0.25) is 65.0 Å². The van der Waals surface area contributed by atoms with Gasteiger partial charge in [-0.1, -0.05) is 6.58 Å². The van der Waals surface area contributed by atoms with Crippen molar-refractivity contribution in [3.8, 4) is 0 Å². The second-order valence-corrected chi connectivity index (χ2v) is 25.5. The Labute approximate surface area is 146 Å². The maximum absolute atomic E-state index is 12.0. The van der Waals surface area contributed by atoms with Gasteiger partial charge >= 0.3 is 8.80 Å². The molecule has 0 bridgehead atoms. The van der Waals surface area contributed by atoms with Crippen molar-refractivity contribution in [2.45, 2.75) is 65.0 Å². The van der Waals surface area contributed by atoms with Crippen LogP contribution in [0, 0.1) is 0 Å². The highest BCUT2D eigenvalue weighted by Crippen LogP contribution is 2.31. The van der Waals surface area contributed by atoms with Gasteiger partial charge < -0.3 is 17.7 Å². The van der Waals surface area contributed by atoms with Crippen LogP contribution in [0.4, 0.5) is 0 Å². The molecule has 1 amide bonds. The third kappa shape index (κ3) is 10.4. The zero-order valence-electron chi connectivity index (χ0n) is 16.5. The van der Waals surface area contributed by atoms with Crippen molar-refractivity contribution in [2.24, 2.45) is 0 Å². The van der Waals surface area contributed by atoms with Gasteiger partial charge in [-0.2, -0.15) is 0 Å². The molecular formula is C14H35NO4Si4. The fourth-order valence-electron chi connectivity index (χ4n) is 2.09. The van der Waals surface area contributed by atoms with Crippen LogP contribution >= 0.6 is 0 Å². The van der Waals surface area contributed by atoms with Crippen LogP contribution in [0.1, 0.15) is 0 Å². The van der Waals surface area contributed by atoms with Crippen molar-refractivity contribution < 1.29 is 17.1 Å².